The Balaban J connectivity index is 0.870. The second-order valence-electron chi connectivity index (χ2n) is 23.7. The highest BCUT2D eigenvalue weighted by molar-refractivity contribution is 7.07. The lowest BCUT2D eigenvalue weighted by molar-refractivity contribution is 0.0686. The molecule has 0 fully saturated rings. The van der Waals surface area contributed by atoms with Crippen LogP contribution in [0.2, 0.25) is 0 Å². The van der Waals surface area contributed by atoms with Gasteiger partial charge in [-0.3, -0.25) is 0 Å². The summed E-state index contributed by atoms with van der Waals surface area (Å²) in [6, 6.07) is 87.3. The van der Waals surface area contributed by atoms with Crippen molar-refractivity contribution in [1.29, 1.82) is 0 Å². The molecule has 8 heteroatoms. The van der Waals surface area contributed by atoms with E-state index in [1.807, 2.05) is 36.4 Å². The Morgan fingerprint density at radius 2 is 0.418 bits per heavy atom. The van der Waals surface area contributed by atoms with Crippen LogP contribution in [-0.2, 0) is 4.43 Å². The molecule has 0 heterocycles. The first-order chi connectivity index (χ1) is 44.0. The Morgan fingerprint density at radius 3 is 0.582 bits per heavy atom. The minimum Gasteiger partial charge on any atom is -0.478 e. The molecule has 91 heavy (non-hydrogen) atoms. The summed E-state index contributed by atoms with van der Waals surface area (Å²) in [7, 11) is -3.22. The molecule has 7 nitrogen and oxygen atoms in total. The molecule has 0 unspecified atom stereocenters. The highest BCUT2D eigenvalue weighted by Crippen LogP contribution is 2.38. The summed E-state index contributed by atoms with van der Waals surface area (Å²) >= 11 is 0. The monoisotopic (exact) mass is 1200 g/mol. The van der Waals surface area contributed by atoms with Gasteiger partial charge in [-0.25, -0.2) is 14.4 Å². The van der Waals surface area contributed by atoms with Crippen molar-refractivity contribution in [1.82, 2.24) is 0 Å². The fourth-order valence-electron chi connectivity index (χ4n) is 12.9. The van der Waals surface area contributed by atoms with Crippen LogP contribution >= 0.6 is 0 Å². The number of aryl methyl sites for hydroxylation is 6. The van der Waals surface area contributed by atoms with Crippen LogP contribution in [0.25, 0.3) is 100 Å². The minimum atomic E-state index is -3.22. The van der Waals surface area contributed by atoms with E-state index in [2.05, 4.69) is 230 Å². The molecule has 0 saturated carbocycles. The van der Waals surface area contributed by atoms with Crippen molar-refractivity contribution in [2.45, 2.75) is 48.5 Å². The van der Waals surface area contributed by atoms with Gasteiger partial charge in [0.15, 0.2) is 0 Å². The quantitative estimate of drug-likeness (QED) is 0.0613. The third-order valence-electron chi connectivity index (χ3n) is 17.9. The average Bonchev–Trinajstić information content (AvgIpc) is 0.772. The Morgan fingerprint density at radius 1 is 0.264 bits per heavy atom. The van der Waals surface area contributed by atoms with Gasteiger partial charge in [-0.05, 0) is 234 Å². The van der Waals surface area contributed by atoms with Crippen molar-refractivity contribution in [2.75, 3.05) is 6.61 Å². The van der Waals surface area contributed by atoms with Gasteiger partial charge < -0.3 is 19.7 Å². The lowest BCUT2D eigenvalue weighted by Crippen LogP contribution is -2.69. The molecule has 12 aromatic carbocycles. The Bertz CT molecular complexity index is 4230. The molecule has 12 rings (SSSR count). The number of carboxylic acid groups (broad SMARTS) is 3. The molecule has 0 aliphatic rings. The molecule has 0 spiro atoms. The fourth-order valence-corrected chi connectivity index (χ4v) is 16.7. The molecule has 12 aromatic rings. The molecule has 0 atom stereocenters. The lowest BCUT2D eigenvalue weighted by Gasteiger charge is -2.33. The van der Waals surface area contributed by atoms with E-state index in [0.29, 0.717) is 6.61 Å². The number of carbonyl (C=O) groups is 3. The molecular weight excluding hydrogens is 1140 g/mol. The zero-order valence-corrected chi connectivity index (χ0v) is 52.9. The number of aromatic carboxylic acids is 3. The van der Waals surface area contributed by atoms with Crippen LogP contribution in [-0.4, -0.2) is 48.2 Å². The maximum absolute atomic E-state index is 11.5. The molecule has 0 aliphatic carbocycles. The smallest absolute Gasteiger partial charge is 0.335 e. The van der Waals surface area contributed by atoms with Crippen molar-refractivity contribution >= 4 is 41.8 Å². The average molecular weight is 1210 g/mol. The van der Waals surface area contributed by atoms with Crippen molar-refractivity contribution in [3.05, 3.63) is 305 Å². The van der Waals surface area contributed by atoms with Crippen LogP contribution in [0.3, 0.4) is 0 Å². The zero-order chi connectivity index (χ0) is 63.7. The number of benzene rings is 12. The molecule has 0 aliphatic heterocycles. The van der Waals surface area contributed by atoms with Gasteiger partial charge in [-0.15, -0.1) is 0 Å². The number of rotatable bonds is 17. The SMILES string of the molecule is CCO[Si](c1ccc(-c2cc(C)c(-c3ccc(-c4ccc(C(=O)O)cc4)cc3)cc2C)cc1)(c1ccc(-c2cc(C)c(-c3ccc(-c4ccc(C(=O)O)cc4)cc3)cc2C)cc1)c1ccc(-c2cc(C)c(-c3ccc(-c4ccc(C(=O)O)cc4)cc3)cc2C)cc1. The molecule has 0 aromatic heterocycles. The summed E-state index contributed by atoms with van der Waals surface area (Å²) in [5, 5.41) is 31.6. The summed E-state index contributed by atoms with van der Waals surface area (Å²) in [5.41, 5.74) is 27.4. The predicted octanol–water partition coefficient (Wildman–Crippen LogP) is 18.6. The van der Waals surface area contributed by atoms with E-state index >= 15 is 0 Å². The van der Waals surface area contributed by atoms with Gasteiger partial charge in [-0.1, -0.05) is 218 Å². The highest BCUT2D eigenvalue weighted by Gasteiger charge is 2.42. The summed E-state index contributed by atoms with van der Waals surface area (Å²) < 4.78 is 7.37. The van der Waals surface area contributed by atoms with Crippen LogP contribution in [0.1, 0.15) is 71.4 Å². The lowest BCUT2D eigenvalue weighted by atomic mass is 9.91. The maximum Gasteiger partial charge on any atom is 0.335 e. The standard InChI is InChI=1S/C83H68O7Si/c1-8-90-91(72-39-33-66(34-40-72)78-48-51(2)75(45-54(78)5)63-21-9-57(10-22-63)60-15-27-69(28-16-60)81(84)85,73-41-35-67(36-42-73)79-49-52(3)76(46-55(79)6)64-23-11-58(12-24-64)61-17-29-70(30-18-61)82(86)87)74-43-37-68(38-44-74)80-50-53(4)77(47-56(80)7)65-25-13-59(14-26-65)62-19-31-71(32-20-62)83(88)89/h9-50H,8H2,1-7H3,(H,84,85)(H,86,87)(H,88,89). The second-order valence-corrected chi connectivity index (χ2v) is 27.1. The Labute approximate surface area is 533 Å². The predicted molar refractivity (Wildman–Crippen MR) is 374 cm³/mol. The second kappa shape index (κ2) is 25.4. The first-order valence-corrected chi connectivity index (χ1v) is 32.5. The van der Waals surface area contributed by atoms with Crippen LogP contribution in [0, 0.1) is 41.5 Å². The molecule has 446 valence electrons. The van der Waals surface area contributed by atoms with E-state index in [1.165, 1.54) is 0 Å². The van der Waals surface area contributed by atoms with Crippen LogP contribution in [0.5, 0.6) is 0 Å². The third kappa shape index (κ3) is 12.1. The van der Waals surface area contributed by atoms with Gasteiger partial charge in [0.25, 0.3) is 8.32 Å². The van der Waals surface area contributed by atoms with Crippen molar-refractivity contribution in [2.24, 2.45) is 0 Å². The van der Waals surface area contributed by atoms with Crippen LogP contribution in [0.15, 0.2) is 255 Å². The van der Waals surface area contributed by atoms with Crippen molar-refractivity contribution < 1.29 is 34.1 Å². The molecule has 0 bridgehead atoms. The topological polar surface area (TPSA) is 121 Å². The first kappa shape index (κ1) is 60.5. The number of hydrogen-bond acceptors (Lipinski definition) is 4. The van der Waals surface area contributed by atoms with E-state index in [-0.39, 0.29) is 16.7 Å². The largest absolute Gasteiger partial charge is 0.478 e. The number of carboxylic acids is 3. The Kier molecular flexibility index (Phi) is 16.9. The van der Waals surface area contributed by atoms with E-state index in [4.69, 9.17) is 4.43 Å². The zero-order valence-electron chi connectivity index (χ0n) is 51.9. The molecular formula is C83H68O7Si. The molecule has 0 radical (unpaired) electrons. The van der Waals surface area contributed by atoms with E-state index in [9.17, 15) is 29.7 Å². The summed E-state index contributed by atoms with van der Waals surface area (Å²) in [6.45, 7) is 15.6. The van der Waals surface area contributed by atoms with Gasteiger partial charge >= 0.3 is 17.9 Å². The van der Waals surface area contributed by atoms with Gasteiger partial charge in [0, 0.05) is 6.61 Å². The normalized spacial score (nSPS) is 11.4. The molecule has 3 N–H and O–H groups in total. The third-order valence-corrected chi connectivity index (χ3v) is 22.0. The van der Waals surface area contributed by atoms with Crippen molar-refractivity contribution in [3.63, 3.8) is 0 Å². The highest BCUT2D eigenvalue weighted by atomic mass is 28.4. The van der Waals surface area contributed by atoms with Gasteiger partial charge in [-0.2, -0.15) is 0 Å². The summed E-state index contributed by atoms with van der Waals surface area (Å²) in [4.78, 5) is 34.4. The van der Waals surface area contributed by atoms with Crippen molar-refractivity contribution in [3.8, 4) is 100 Å². The molecule has 0 amide bonds. The molecule has 0 saturated heterocycles. The van der Waals surface area contributed by atoms with Crippen LogP contribution in [0.4, 0.5) is 0 Å². The van der Waals surface area contributed by atoms with Gasteiger partial charge in [0.05, 0.1) is 16.7 Å². The minimum absolute atomic E-state index is 0.266. The van der Waals surface area contributed by atoms with Gasteiger partial charge in [0.1, 0.15) is 0 Å². The summed E-state index contributed by atoms with van der Waals surface area (Å²) in [5.74, 6) is -2.82. The summed E-state index contributed by atoms with van der Waals surface area (Å²) in [6.07, 6.45) is 0. The van der Waals surface area contributed by atoms with E-state index in [1.54, 1.807) is 36.4 Å². The maximum atomic E-state index is 11.5. The van der Waals surface area contributed by atoms with Crippen LogP contribution < -0.4 is 15.6 Å². The van der Waals surface area contributed by atoms with Gasteiger partial charge in [0.2, 0.25) is 0 Å². The first-order valence-electron chi connectivity index (χ1n) is 30.6. The number of hydrogen-bond donors (Lipinski definition) is 3. The Hall–Kier alpha value is -10.8. The fraction of sp³-hybridized carbons (Fsp3) is 0.0964. The van der Waals surface area contributed by atoms with E-state index in [0.717, 1.165) is 149 Å². The van der Waals surface area contributed by atoms with E-state index < -0.39 is 26.2 Å².